The van der Waals surface area contributed by atoms with E-state index in [2.05, 4.69) is 10.2 Å². The molecule has 0 radical (unpaired) electrons. The minimum atomic E-state index is -3.47. The highest BCUT2D eigenvalue weighted by atomic mass is 32.2. The Morgan fingerprint density at radius 2 is 1.84 bits per heavy atom. The van der Waals surface area contributed by atoms with E-state index in [1.165, 1.54) is 18.6 Å². The summed E-state index contributed by atoms with van der Waals surface area (Å²) in [4.78, 5) is 24.9. The molecule has 10 nitrogen and oxygen atoms in total. The number of nitrogens with zero attached hydrogens (tertiary/aromatic N) is 4. The predicted molar refractivity (Wildman–Crippen MR) is 123 cm³/mol. The number of nitrogens with one attached hydrogen (secondary N) is 1. The van der Waals surface area contributed by atoms with Crippen molar-refractivity contribution < 1.29 is 18.1 Å². The van der Waals surface area contributed by atoms with E-state index < -0.39 is 15.1 Å². The van der Waals surface area contributed by atoms with E-state index in [1.54, 1.807) is 28.6 Å². The third-order valence-corrected chi connectivity index (χ3v) is 8.52. The third-order valence-electron chi connectivity index (χ3n) is 6.47. The number of aryl methyl sites for hydroxylation is 1. The van der Waals surface area contributed by atoms with Gasteiger partial charge in [-0.25, -0.2) is 0 Å². The Morgan fingerprint density at radius 1 is 1.19 bits per heavy atom. The number of anilines is 1. The molecular weight excluding hydrogens is 434 g/mol. The summed E-state index contributed by atoms with van der Waals surface area (Å²) in [5.74, 6) is -0.222. The topological polar surface area (TPSA) is 116 Å². The maximum absolute atomic E-state index is 13.0. The van der Waals surface area contributed by atoms with Gasteiger partial charge in [0, 0.05) is 64.4 Å². The van der Waals surface area contributed by atoms with Crippen molar-refractivity contribution in [3.8, 4) is 0 Å². The Kier molecular flexibility index (Phi) is 8.21. The molecule has 32 heavy (non-hydrogen) atoms. The zero-order chi connectivity index (χ0) is 23.3. The van der Waals surface area contributed by atoms with Crippen LogP contribution in [0.25, 0.3) is 0 Å². The van der Waals surface area contributed by atoms with E-state index in [9.17, 15) is 23.3 Å². The predicted octanol–water partition coefficient (Wildman–Crippen LogP) is 2.36. The quantitative estimate of drug-likeness (QED) is 0.463. The second kappa shape index (κ2) is 10.7. The molecule has 2 fully saturated rings. The maximum Gasteiger partial charge on any atom is 0.282 e. The number of piperazine rings is 1. The molecule has 1 saturated heterocycles. The molecule has 3 rings (SSSR count). The molecule has 1 aromatic carbocycles. The minimum Gasteiger partial charge on any atom is -0.326 e. The normalized spacial score (nSPS) is 19.2. The summed E-state index contributed by atoms with van der Waals surface area (Å²) in [5.41, 5.74) is 1.12. The summed E-state index contributed by atoms with van der Waals surface area (Å²) in [5, 5.41) is 13.7. The number of hydrogen-bond donors (Lipinski definition) is 1. The zero-order valence-electron chi connectivity index (χ0n) is 18.8. The van der Waals surface area contributed by atoms with E-state index >= 15 is 0 Å². The number of non-ortho nitro benzene ring substituents is 1. The van der Waals surface area contributed by atoms with Crippen LogP contribution in [0.3, 0.4) is 0 Å². The van der Waals surface area contributed by atoms with Crippen LogP contribution in [-0.4, -0.2) is 78.6 Å². The molecule has 2 aliphatic rings. The number of hydrogen-bond acceptors (Lipinski definition) is 6. The molecule has 0 spiro atoms. The van der Waals surface area contributed by atoms with Crippen LogP contribution < -0.4 is 5.32 Å². The van der Waals surface area contributed by atoms with Gasteiger partial charge in [-0.1, -0.05) is 25.3 Å². The molecule has 11 heteroatoms. The van der Waals surface area contributed by atoms with Crippen LogP contribution in [0.1, 0.15) is 44.1 Å². The van der Waals surface area contributed by atoms with Gasteiger partial charge in [0.1, 0.15) is 0 Å². The van der Waals surface area contributed by atoms with Gasteiger partial charge in [0.05, 0.1) is 10.6 Å². The fraction of sp³-hybridized carbons (Fsp3) is 0.667. The van der Waals surface area contributed by atoms with E-state index in [0.717, 1.165) is 31.2 Å². The lowest BCUT2D eigenvalue weighted by molar-refractivity contribution is -0.384. The third kappa shape index (κ3) is 6.03. The molecule has 1 amide bonds. The van der Waals surface area contributed by atoms with Crippen LogP contribution in [0.2, 0.25) is 0 Å². The highest BCUT2D eigenvalue weighted by Crippen LogP contribution is 2.25. The first-order valence-corrected chi connectivity index (χ1v) is 12.6. The first kappa shape index (κ1) is 24.6. The van der Waals surface area contributed by atoms with Crippen LogP contribution in [0.15, 0.2) is 18.2 Å². The van der Waals surface area contributed by atoms with Crippen LogP contribution in [0, 0.1) is 17.0 Å². The van der Waals surface area contributed by atoms with Crippen LogP contribution >= 0.6 is 0 Å². The fourth-order valence-corrected chi connectivity index (χ4v) is 5.91. The maximum atomic E-state index is 13.0. The summed E-state index contributed by atoms with van der Waals surface area (Å²) >= 11 is 0. The zero-order valence-corrected chi connectivity index (χ0v) is 19.6. The molecular formula is C21H33N5O5S. The number of nitro benzene ring substituents is 1. The van der Waals surface area contributed by atoms with Gasteiger partial charge < -0.3 is 10.2 Å². The lowest BCUT2D eigenvalue weighted by Gasteiger charge is -2.38. The van der Waals surface area contributed by atoms with E-state index in [4.69, 9.17) is 0 Å². The fourth-order valence-electron chi connectivity index (χ4n) is 4.33. The van der Waals surface area contributed by atoms with Gasteiger partial charge in [-0.05, 0) is 25.3 Å². The summed E-state index contributed by atoms with van der Waals surface area (Å²) < 4.78 is 29.1. The second-order valence-electron chi connectivity index (χ2n) is 8.61. The highest BCUT2D eigenvalue weighted by Gasteiger charge is 2.34. The number of amides is 1. The molecule has 0 unspecified atom stereocenters. The molecule has 0 bridgehead atoms. The van der Waals surface area contributed by atoms with Gasteiger partial charge in [0.2, 0.25) is 5.91 Å². The molecule has 1 aliphatic heterocycles. The van der Waals surface area contributed by atoms with Crippen molar-refractivity contribution in [3.63, 3.8) is 0 Å². The molecule has 1 saturated carbocycles. The van der Waals surface area contributed by atoms with E-state index in [0.29, 0.717) is 38.4 Å². The van der Waals surface area contributed by atoms with Gasteiger partial charge >= 0.3 is 0 Å². The lowest BCUT2D eigenvalue weighted by Crippen LogP contribution is -2.54. The standard InChI is InChI=1S/C21H33N5O5S/c1-17-8-9-19(26(28)29)16-20(17)22-21(27)10-11-24-12-14-25(15-13-24)32(30,31)23(2)18-6-4-3-5-7-18/h8-9,16,18H,3-7,10-15H2,1-2H3,(H,22,27). The van der Waals surface area contributed by atoms with Crippen molar-refractivity contribution >= 4 is 27.5 Å². The summed E-state index contributed by atoms with van der Waals surface area (Å²) in [6, 6.07) is 4.47. The minimum absolute atomic E-state index is 0.0681. The first-order valence-electron chi connectivity index (χ1n) is 11.2. The molecule has 0 aromatic heterocycles. The summed E-state index contributed by atoms with van der Waals surface area (Å²) in [7, 11) is -1.77. The van der Waals surface area contributed by atoms with Gasteiger partial charge in [-0.3, -0.25) is 14.9 Å². The van der Waals surface area contributed by atoms with Crippen molar-refractivity contribution in [3.05, 3.63) is 33.9 Å². The summed E-state index contributed by atoms with van der Waals surface area (Å²) in [6.07, 6.45) is 5.42. The van der Waals surface area contributed by atoms with Crippen molar-refractivity contribution in [1.29, 1.82) is 0 Å². The number of carbonyl (C=O) groups excluding carboxylic acids is 1. The summed E-state index contributed by atoms with van der Waals surface area (Å²) in [6.45, 7) is 4.24. The van der Waals surface area contributed by atoms with Crippen molar-refractivity contribution in [2.75, 3.05) is 45.1 Å². The Bertz CT molecular complexity index is 925. The Balaban J connectivity index is 1.46. The SMILES string of the molecule is Cc1ccc([N+](=O)[O-])cc1NC(=O)CCN1CCN(S(=O)(=O)N(C)C2CCCCC2)CC1. The van der Waals surface area contributed by atoms with Gasteiger partial charge in [-0.15, -0.1) is 0 Å². The number of nitro groups is 1. The number of rotatable bonds is 8. The average molecular weight is 468 g/mol. The number of carbonyl (C=O) groups is 1. The molecule has 1 aromatic rings. The lowest BCUT2D eigenvalue weighted by atomic mass is 9.96. The van der Waals surface area contributed by atoms with E-state index in [-0.39, 0.29) is 24.1 Å². The van der Waals surface area contributed by atoms with Gasteiger partial charge in [0.25, 0.3) is 15.9 Å². The Morgan fingerprint density at radius 3 is 2.47 bits per heavy atom. The highest BCUT2D eigenvalue weighted by molar-refractivity contribution is 7.86. The number of benzene rings is 1. The second-order valence-corrected chi connectivity index (χ2v) is 10.6. The molecule has 178 valence electrons. The van der Waals surface area contributed by atoms with Crippen LogP contribution in [0.4, 0.5) is 11.4 Å². The van der Waals surface area contributed by atoms with Crippen molar-refractivity contribution in [2.24, 2.45) is 0 Å². The first-order chi connectivity index (χ1) is 15.2. The molecule has 1 heterocycles. The van der Waals surface area contributed by atoms with Crippen molar-refractivity contribution in [1.82, 2.24) is 13.5 Å². The smallest absolute Gasteiger partial charge is 0.282 e. The van der Waals surface area contributed by atoms with Gasteiger partial charge in [0.15, 0.2) is 0 Å². The molecule has 0 atom stereocenters. The largest absolute Gasteiger partial charge is 0.326 e. The van der Waals surface area contributed by atoms with Gasteiger partial charge in [-0.2, -0.15) is 17.0 Å². The van der Waals surface area contributed by atoms with Crippen LogP contribution in [-0.2, 0) is 15.0 Å². The molecule has 1 N–H and O–H groups in total. The van der Waals surface area contributed by atoms with E-state index in [1.807, 2.05) is 0 Å². The Hall–Kier alpha value is -2.08. The Labute approximate surface area is 189 Å². The van der Waals surface area contributed by atoms with Crippen LogP contribution in [0.5, 0.6) is 0 Å². The monoisotopic (exact) mass is 467 g/mol. The molecule has 1 aliphatic carbocycles. The van der Waals surface area contributed by atoms with Crippen molar-refractivity contribution in [2.45, 2.75) is 51.5 Å². The average Bonchev–Trinajstić information content (AvgIpc) is 2.79.